The molecule has 0 bridgehead atoms. The number of aliphatic hydroxyl groups is 2. The molecular weight excluding hydrogens is 470 g/mol. The minimum absolute atomic E-state index is 0.0383. The monoisotopic (exact) mass is 538 g/mol. The van der Waals surface area contributed by atoms with Gasteiger partial charge in [0.15, 0.2) is 0 Å². The van der Waals surface area contributed by atoms with Crippen molar-refractivity contribution < 1.29 is 15.0 Å². The van der Waals surface area contributed by atoms with Gasteiger partial charge in [0.1, 0.15) is 0 Å². The maximum atomic E-state index is 12.2. The first-order valence-corrected chi connectivity index (χ1v) is 16.9. The highest BCUT2D eigenvalue weighted by atomic mass is 16.3. The molecule has 0 aromatic carbocycles. The molecule has 0 saturated heterocycles. The lowest BCUT2D eigenvalue weighted by Crippen LogP contribution is -2.45. The van der Waals surface area contributed by atoms with E-state index in [1.807, 2.05) is 0 Å². The zero-order valence-corrected chi connectivity index (χ0v) is 25.7. The fourth-order valence-electron chi connectivity index (χ4n) is 5.12. The van der Waals surface area contributed by atoms with Crippen LogP contribution in [0.25, 0.3) is 0 Å². The molecule has 4 nitrogen and oxygen atoms in total. The Labute approximate surface area is 237 Å². The molecule has 0 radical (unpaired) electrons. The van der Waals surface area contributed by atoms with E-state index in [2.05, 4.69) is 31.3 Å². The van der Waals surface area contributed by atoms with Gasteiger partial charge in [-0.3, -0.25) is 4.79 Å². The summed E-state index contributed by atoms with van der Waals surface area (Å²) in [4.78, 5) is 12.2. The Morgan fingerprint density at radius 2 is 1.00 bits per heavy atom. The molecule has 226 valence electrons. The van der Waals surface area contributed by atoms with Crippen LogP contribution >= 0.6 is 0 Å². The van der Waals surface area contributed by atoms with Gasteiger partial charge in [-0.1, -0.05) is 148 Å². The van der Waals surface area contributed by atoms with Gasteiger partial charge in [-0.15, -0.1) is 0 Å². The lowest BCUT2D eigenvalue weighted by atomic mass is 10.0. The van der Waals surface area contributed by atoms with E-state index in [1.54, 1.807) is 0 Å². The zero-order chi connectivity index (χ0) is 27.9. The van der Waals surface area contributed by atoms with Crippen LogP contribution in [-0.4, -0.2) is 34.9 Å². The molecule has 0 spiro atoms. The Hall–Kier alpha value is -0.870. The number of hydrogen-bond acceptors (Lipinski definition) is 3. The summed E-state index contributed by atoms with van der Waals surface area (Å²) in [5, 5.41) is 22.8. The fourth-order valence-corrected chi connectivity index (χ4v) is 5.12. The second-order valence-corrected chi connectivity index (χ2v) is 11.6. The van der Waals surface area contributed by atoms with E-state index >= 15 is 0 Å². The number of aliphatic hydroxyl groups excluding tert-OH is 2. The standard InChI is InChI=1S/C34H67NO3/c1-3-5-7-9-11-12-13-14-15-16-17-18-19-20-21-22-24-26-28-30-34(38)35-32(31-36)33(37)29-27-25-23-10-8-6-4-2/h14-15,32-33,36-37H,3-13,16-31H2,1-2H3,(H,35,38)/b15-14-. The van der Waals surface area contributed by atoms with Crippen molar-refractivity contribution in [2.75, 3.05) is 6.61 Å². The number of hydrogen-bond donors (Lipinski definition) is 3. The average molecular weight is 538 g/mol. The molecule has 0 heterocycles. The van der Waals surface area contributed by atoms with Crippen LogP contribution in [0.15, 0.2) is 12.2 Å². The topological polar surface area (TPSA) is 69.6 Å². The quantitative estimate of drug-likeness (QED) is 0.0631. The van der Waals surface area contributed by atoms with Gasteiger partial charge in [0.2, 0.25) is 5.91 Å². The molecular formula is C34H67NO3. The van der Waals surface area contributed by atoms with E-state index in [1.165, 1.54) is 128 Å². The van der Waals surface area contributed by atoms with Crippen molar-refractivity contribution >= 4 is 5.91 Å². The average Bonchev–Trinajstić information content (AvgIpc) is 2.92. The van der Waals surface area contributed by atoms with Gasteiger partial charge in [0, 0.05) is 6.42 Å². The lowest BCUT2D eigenvalue weighted by Gasteiger charge is -2.22. The Kier molecular flexibility index (Phi) is 30.0. The SMILES string of the molecule is CCCCCCCC/C=C\CCCCCCCCCCCC(=O)NC(CO)C(O)CCCCCCCCC. The summed E-state index contributed by atoms with van der Waals surface area (Å²) >= 11 is 0. The molecule has 38 heavy (non-hydrogen) atoms. The maximum Gasteiger partial charge on any atom is 0.220 e. The fraction of sp³-hybridized carbons (Fsp3) is 0.912. The van der Waals surface area contributed by atoms with Crippen LogP contribution in [-0.2, 0) is 4.79 Å². The molecule has 2 atom stereocenters. The summed E-state index contributed by atoms with van der Waals surface area (Å²) < 4.78 is 0. The molecule has 4 heteroatoms. The predicted octanol–water partition coefficient (Wildman–Crippen LogP) is 9.56. The number of nitrogens with one attached hydrogen (secondary N) is 1. The van der Waals surface area contributed by atoms with Crippen molar-refractivity contribution in [3.05, 3.63) is 12.2 Å². The highest BCUT2D eigenvalue weighted by Crippen LogP contribution is 2.14. The van der Waals surface area contributed by atoms with Crippen LogP contribution in [0, 0.1) is 0 Å². The summed E-state index contributed by atoms with van der Waals surface area (Å²) in [7, 11) is 0. The number of allylic oxidation sites excluding steroid dienone is 2. The minimum Gasteiger partial charge on any atom is -0.394 e. The minimum atomic E-state index is -0.652. The van der Waals surface area contributed by atoms with E-state index in [9.17, 15) is 15.0 Å². The molecule has 0 rings (SSSR count). The van der Waals surface area contributed by atoms with E-state index in [-0.39, 0.29) is 12.5 Å². The second kappa shape index (κ2) is 30.7. The van der Waals surface area contributed by atoms with Crippen molar-refractivity contribution in [3.63, 3.8) is 0 Å². The highest BCUT2D eigenvalue weighted by Gasteiger charge is 2.19. The van der Waals surface area contributed by atoms with Gasteiger partial charge in [-0.05, 0) is 38.5 Å². The van der Waals surface area contributed by atoms with E-state index in [4.69, 9.17) is 0 Å². The van der Waals surface area contributed by atoms with Gasteiger partial charge in [-0.2, -0.15) is 0 Å². The van der Waals surface area contributed by atoms with E-state index < -0.39 is 12.1 Å². The molecule has 3 N–H and O–H groups in total. The first-order valence-electron chi connectivity index (χ1n) is 16.9. The molecule has 0 aromatic heterocycles. The first-order chi connectivity index (χ1) is 18.7. The Morgan fingerprint density at radius 3 is 1.45 bits per heavy atom. The summed E-state index contributed by atoms with van der Waals surface area (Å²) in [6.45, 7) is 4.30. The zero-order valence-electron chi connectivity index (χ0n) is 25.7. The van der Waals surface area contributed by atoms with Crippen LogP contribution in [0.2, 0.25) is 0 Å². The summed E-state index contributed by atoms with van der Waals surface area (Å²) in [5.41, 5.74) is 0. The summed E-state index contributed by atoms with van der Waals surface area (Å²) in [5.74, 6) is -0.0383. The third-order valence-electron chi connectivity index (χ3n) is 7.78. The third kappa shape index (κ3) is 26.7. The lowest BCUT2D eigenvalue weighted by molar-refractivity contribution is -0.123. The molecule has 0 saturated carbocycles. The van der Waals surface area contributed by atoms with Crippen molar-refractivity contribution in [2.45, 2.75) is 193 Å². The Morgan fingerprint density at radius 1 is 0.605 bits per heavy atom. The second-order valence-electron chi connectivity index (χ2n) is 11.6. The number of rotatable bonds is 30. The van der Waals surface area contributed by atoms with Crippen LogP contribution < -0.4 is 5.32 Å². The summed E-state index contributed by atoms with van der Waals surface area (Å²) in [6.07, 6.45) is 35.6. The smallest absolute Gasteiger partial charge is 0.220 e. The largest absolute Gasteiger partial charge is 0.394 e. The van der Waals surface area contributed by atoms with Crippen LogP contribution in [0.5, 0.6) is 0 Å². The van der Waals surface area contributed by atoms with Gasteiger partial charge in [0.05, 0.1) is 18.8 Å². The van der Waals surface area contributed by atoms with Crippen molar-refractivity contribution in [3.8, 4) is 0 Å². The normalized spacial score (nSPS) is 13.3. The molecule has 1 amide bonds. The van der Waals surface area contributed by atoms with E-state index in [0.29, 0.717) is 12.8 Å². The predicted molar refractivity (Wildman–Crippen MR) is 166 cm³/mol. The Balaban J connectivity index is 3.50. The number of amides is 1. The Bertz CT molecular complexity index is 508. The van der Waals surface area contributed by atoms with Gasteiger partial charge in [0.25, 0.3) is 0 Å². The number of carbonyl (C=O) groups is 1. The van der Waals surface area contributed by atoms with Crippen LogP contribution in [0.3, 0.4) is 0 Å². The van der Waals surface area contributed by atoms with Crippen LogP contribution in [0.1, 0.15) is 181 Å². The van der Waals surface area contributed by atoms with Crippen LogP contribution in [0.4, 0.5) is 0 Å². The van der Waals surface area contributed by atoms with Crippen molar-refractivity contribution in [1.29, 1.82) is 0 Å². The third-order valence-corrected chi connectivity index (χ3v) is 7.78. The van der Waals surface area contributed by atoms with Crippen molar-refractivity contribution in [2.24, 2.45) is 0 Å². The molecule has 0 fully saturated rings. The summed E-state index contributed by atoms with van der Waals surface area (Å²) in [6, 6.07) is -0.529. The van der Waals surface area contributed by atoms with E-state index in [0.717, 1.165) is 25.7 Å². The van der Waals surface area contributed by atoms with Gasteiger partial charge < -0.3 is 15.5 Å². The molecule has 0 aromatic rings. The molecule has 0 aliphatic carbocycles. The molecule has 0 aliphatic rings. The highest BCUT2D eigenvalue weighted by molar-refractivity contribution is 5.76. The maximum absolute atomic E-state index is 12.2. The number of unbranched alkanes of at least 4 members (excludes halogenated alkanes) is 21. The first kappa shape index (κ1) is 37.1. The number of carbonyl (C=O) groups excluding carboxylic acids is 1. The van der Waals surface area contributed by atoms with Gasteiger partial charge >= 0.3 is 0 Å². The van der Waals surface area contributed by atoms with Crippen molar-refractivity contribution in [1.82, 2.24) is 5.32 Å². The molecule has 0 aliphatic heterocycles. The van der Waals surface area contributed by atoms with Gasteiger partial charge in [-0.25, -0.2) is 0 Å². The molecule has 2 unspecified atom stereocenters.